The lowest BCUT2D eigenvalue weighted by molar-refractivity contribution is 0.139. The average Bonchev–Trinajstić information content (AvgIpc) is 3.13. The maximum atomic E-state index is 9.78. The van der Waals surface area contributed by atoms with Gasteiger partial charge >= 0.3 is 0 Å². The van der Waals surface area contributed by atoms with Gasteiger partial charge in [-0.1, -0.05) is 38.1 Å². The van der Waals surface area contributed by atoms with Gasteiger partial charge in [-0.2, -0.15) is 0 Å². The SMILES string of the molecule is CC(C)c1ccc(CCCC(O)C2CC2)cc1. The van der Waals surface area contributed by atoms with Crippen LogP contribution >= 0.6 is 0 Å². The molecule has 0 heterocycles. The number of rotatable bonds is 6. The number of aliphatic hydroxyl groups excluding tert-OH is 1. The molecule has 1 aliphatic carbocycles. The van der Waals surface area contributed by atoms with E-state index < -0.39 is 0 Å². The quantitative estimate of drug-likeness (QED) is 0.788. The first kappa shape index (κ1) is 12.6. The molecular formula is C16H24O. The lowest BCUT2D eigenvalue weighted by atomic mass is 9.99. The Morgan fingerprint density at radius 2 is 1.82 bits per heavy atom. The second-order valence-corrected chi connectivity index (χ2v) is 5.69. The number of benzene rings is 1. The fourth-order valence-corrected chi connectivity index (χ4v) is 2.30. The van der Waals surface area contributed by atoms with Gasteiger partial charge in [-0.3, -0.25) is 0 Å². The Labute approximate surface area is 105 Å². The van der Waals surface area contributed by atoms with Crippen molar-refractivity contribution >= 4 is 0 Å². The smallest absolute Gasteiger partial charge is 0.0568 e. The van der Waals surface area contributed by atoms with Gasteiger partial charge in [-0.15, -0.1) is 0 Å². The van der Waals surface area contributed by atoms with Crippen molar-refractivity contribution in [2.24, 2.45) is 5.92 Å². The molecule has 0 spiro atoms. The Bertz CT molecular complexity index is 335. The molecule has 0 amide bonds. The first-order chi connectivity index (χ1) is 8.16. The molecule has 0 aliphatic heterocycles. The van der Waals surface area contributed by atoms with Gasteiger partial charge in [0.2, 0.25) is 0 Å². The maximum absolute atomic E-state index is 9.78. The van der Waals surface area contributed by atoms with Crippen molar-refractivity contribution in [1.82, 2.24) is 0 Å². The van der Waals surface area contributed by atoms with E-state index in [1.807, 2.05) is 0 Å². The fraction of sp³-hybridized carbons (Fsp3) is 0.625. The number of aliphatic hydroxyl groups is 1. The van der Waals surface area contributed by atoms with Crippen LogP contribution in [-0.2, 0) is 6.42 Å². The summed E-state index contributed by atoms with van der Waals surface area (Å²) >= 11 is 0. The van der Waals surface area contributed by atoms with Crippen LogP contribution in [0.1, 0.15) is 56.6 Å². The number of aryl methyl sites for hydroxylation is 1. The third-order valence-corrected chi connectivity index (χ3v) is 3.78. The molecule has 1 N–H and O–H groups in total. The molecule has 0 radical (unpaired) electrons. The van der Waals surface area contributed by atoms with E-state index in [-0.39, 0.29) is 6.10 Å². The zero-order chi connectivity index (χ0) is 12.3. The molecule has 1 heteroatoms. The summed E-state index contributed by atoms with van der Waals surface area (Å²) < 4.78 is 0. The average molecular weight is 232 g/mol. The van der Waals surface area contributed by atoms with E-state index in [4.69, 9.17) is 0 Å². The molecule has 0 aromatic heterocycles. The van der Waals surface area contributed by atoms with Crippen LogP contribution in [0.5, 0.6) is 0 Å². The number of hydrogen-bond donors (Lipinski definition) is 1. The van der Waals surface area contributed by atoms with Gasteiger partial charge in [0.15, 0.2) is 0 Å². The van der Waals surface area contributed by atoms with Crippen LogP contribution < -0.4 is 0 Å². The third-order valence-electron chi connectivity index (χ3n) is 3.78. The Morgan fingerprint density at radius 1 is 1.18 bits per heavy atom. The summed E-state index contributed by atoms with van der Waals surface area (Å²) in [6, 6.07) is 8.94. The van der Waals surface area contributed by atoms with Gasteiger partial charge in [0.25, 0.3) is 0 Å². The van der Waals surface area contributed by atoms with E-state index in [1.54, 1.807) is 0 Å². The molecule has 1 fully saturated rings. The summed E-state index contributed by atoms with van der Waals surface area (Å²) in [6.45, 7) is 4.45. The Balaban J connectivity index is 1.74. The molecule has 94 valence electrons. The molecule has 1 atom stereocenters. The van der Waals surface area contributed by atoms with Crippen molar-refractivity contribution in [3.8, 4) is 0 Å². The van der Waals surface area contributed by atoms with Crippen LogP contribution in [0.4, 0.5) is 0 Å². The molecule has 17 heavy (non-hydrogen) atoms. The summed E-state index contributed by atoms with van der Waals surface area (Å²) in [6.07, 6.45) is 5.62. The van der Waals surface area contributed by atoms with Gasteiger partial charge < -0.3 is 5.11 Å². The molecule has 1 aromatic rings. The Kier molecular flexibility index (Phi) is 4.22. The maximum Gasteiger partial charge on any atom is 0.0568 e. The predicted molar refractivity (Wildman–Crippen MR) is 72.2 cm³/mol. The molecule has 0 saturated heterocycles. The van der Waals surface area contributed by atoms with Gasteiger partial charge in [-0.25, -0.2) is 0 Å². The fourth-order valence-electron chi connectivity index (χ4n) is 2.30. The molecule has 1 aromatic carbocycles. The zero-order valence-electron chi connectivity index (χ0n) is 11.0. The van der Waals surface area contributed by atoms with Crippen LogP contribution in [0, 0.1) is 5.92 Å². The molecule has 0 bridgehead atoms. The van der Waals surface area contributed by atoms with E-state index >= 15 is 0 Å². The van der Waals surface area contributed by atoms with Crippen LogP contribution in [0.2, 0.25) is 0 Å². The van der Waals surface area contributed by atoms with Crippen molar-refractivity contribution in [2.45, 2.75) is 58.0 Å². The lowest BCUT2D eigenvalue weighted by Crippen LogP contribution is -2.08. The van der Waals surface area contributed by atoms with E-state index in [2.05, 4.69) is 38.1 Å². The van der Waals surface area contributed by atoms with Gasteiger partial charge in [0.1, 0.15) is 0 Å². The standard InChI is InChI=1S/C16H24O/c1-12(2)14-8-6-13(7-9-14)4-3-5-16(17)15-10-11-15/h6-9,12,15-17H,3-5,10-11H2,1-2H3. The van der Waals surface area contributed by atoms with Crippen molar-refractivity contribution < 1.29 is 5.11 Å². The van der Waals surface area contributed by atoms with Crippen molar-refractivity contribution in [1.29, 1.82) is 0 Å². The van der Waals surface area contributed by atoms with Crippen LogP contribution in [-0.4, -0.2) is 11.2 Å². The number of hydrogen-bond acceptors (Lipinski definition) is 1. The highest BCUT2D eigenvalue weighted by molar-refractivity contribution is 5.24. The summed E-state index contributed by atoms with van der Waals surface area (Å²) in [5.41, 5.74) is 2.81. The highest BCUT2D eigenvalue weighted by Crippen LogP contribution is 2.34. The summed E-state index contributed by atoms with van der Waals surface area (Å²) in [5.74, 6) is 1.24. The third kappa shape index (κ3) is 3.85. The molecule has 2 rings (SSSR count). The van der Waals surface area contributed by atoms with Crippen molar-refractivity contribution in [2.75, 3.05) is 0 Å². The minimum absolute atomic E-state index is 0.0371. The Morgan fingerprint density at radius 3 is 2.35 bits per heavy atom. The summed E-state index contributed by atoms with van der Waals surface area (Å²) in [7, 11) is 0. The van der Waals surface area contributed by atoms with Gasteiger partial charge in [0, 0.05) is 0 Å². The van der Waals surface area contributed by atoms with Crippen molar-refractivity contribution in [3.63, 3.8) is 0 Å². The Hall–Kier alpha value is -0.820. The van der Waals surface area contributed by atoms with E-state index in [0.717, 1.165) is 19.3 Å². The minimum atomic E-state index is -0.0371. The van der Waals surface area contributed by atoms with Crippen LogP contribution in [0.3, 0.4) is 0 Å². The second kappa shape index (κ2) is 5.68. The molecule has 1 aliphatic rings. The molecule has 1 saturated carbocycles. The topological polar surface area (TPSA) is 20.2 Å². The van der Waals surface area contributed by atoms with E-state index in [9.17, 15) is 5.11 Å². The highest BCUT2D eigenvalue weighted by Gasteiger charge is 2.28. The lowest BCUT2D eigenvalue weighted by Gasteiger charge is -2.09. The zero-order valence-corrected chi connectivity index (χ0v) is 11.0. The van der Waals surface area contributed by atoms with E-state index in [0.29, 0.717) is 11.8 Å². The first-order valence-electron chi connectivity index (χ1n) is 6.93. The first-order valence-corrected chi connectivity index (χ1v) is 6.93. The van der Waals surface area contributed by atoms with Crippen LogP contribution in [0.15, 0.2) is 24.3 Å². The molecule has 1 nitrogen and oxygen atoms in total. The largest absolute Gasteiger partial charge is 0.393 e. The molecule has 1 unspecified atom stereocenters. The second-order valence-electron chi connectivity index (χ2n) is 5.69. The van der Waals surface area contributed by atoms with Gasteiger partial charge in [0.05, 0.1) is 6.10 Å². The molecular weight excluding hydrogens is 208 g/mol. The van der Waals surface area contributed by atoms with E-state index in [1.165, 1.54) is 24.0 Å². The van der Waals surface area contributed by atoms with Gasteiger partial charge in [-0.05, 0) is 55.1 Å². The van der Waals surface area contributed by atoms with Crippen molar-refractivity contribution in [3.05, 3.63) is 35.4 Å². The minimum Gasteiger partial charge on any atom is -0.393 e. The summed E-state index contributed by atoms with van der Waals surface area (Å²) in [4.78, 5) is 0. The predicted octanol–water partition coefficient (Wildman–Crippen LogP) is 3.90. The normalized spacial score (nSPS) is 17.4. The van der Waals surface area contributed by atoms with Crippen LogP contribution in [0.25, 0.3) is 0 Å². The highest BCUT2D eigenvalue weighted by atomic mass is 16.3. The summed E-state index contributed by atoms with van der Waals surface area (Å²) in [5, 5.41) is 9.78. The monoisotopic (exact) mass is 232 g/mol.